The van der Waals surface area contributed by atoms with E-state index in [1.165, 1.54) is 6.16 Å². The Morgan fingerprint density at radius 3 is 2.14 bits per heavy atom. The maximum absolute atomic E-state index is 3.36. The zero-order chi connectivity index (χ0) is 5.70. The highest BCUT2D eigenvalue weighted by atomic mass is 31.1. The van der Waals surface area contributed by atoms with Gasteiger partial charge in [-0.1, -0.05) is 13.8 Å². The van der Waals surface area contributed by atoms with E-state index in [2.05, 4.69) is 25.6 Å². The lowest BCUT2D eigenvalue weighted by Gasteiger charge is -2.06. The summed E-state index contributed by atoms with van der Waals surface area (Å²) in [6.45, 7) is 7.75. The van der Waals surface area contributed by atoms with Crippen molar-refractivity contribution in [2.24, 2.45) is 0 Å². The van der Waals surface area contributed by atoms with Crippen LogP contribution in [0.2, 0.25) is 0 Å². The first kappa shape index (κ1) is 7.39. The van der Waals surface area contributed by atoms with E-state index < -0.39 is 0 Å². The largest absolute Gasteiger partial charge is 0.296 e. The Morgan fingerprint density at radius 1 is 1.43 bits per heavy atom. The van der Waals surface area contributed by atoms with Gasteiger partial charge in [-0.05, 0) is 27.4 Å². The summed E-state index contributed by atoms with van der Waals surface area (Å²) in [6, 6.07) is 0. The lowest BCUT2D eigenvalue weighted by molar-refractivity contribution is 1.01. The van der Waals surface area contributed by atoms with Crippen LogP contribution in [0.15, 0.2) is 0 Å². The van der Waals surface area contributed by atoms with Crippen LogP contribution in [0.1, 0.15) is 13.8 Å². The normalized spacial score (nSPS) is 14.1. The van der Waals surface area contributed by atoms with Gasteiger partial charge >= 0.3 is 0 Å². The van der Waals surface area contributed by atoms with Gasteiger partial charge in [0.15, 0.2) is 0 Å². The van der Waals surface area contributed by atoms with Crippen molar-refractivity contribution in [1.82, 2.24) is 5.09 Å². The van der Waals surface area contributed by atoms with Gasteiger partial charge < -0.3 is 0 Å². The van der Waals surface area contributed by atoms with Crippen LogP contribution in [-0.4, -0.2) is 19.4 Å². The molecule has 1 unspecified atom stereocenters. The van der Waals surface area contributed by atoms with Gasteiger partial charge in [-0.2, -0.15) is 0 Å². The molecule has 1 nitrogen and oxygen atoms in total. The van der Waals surface area contributed by atoms with E-state index in [0.29, 0.717) is 0 Å². The summed E-state index contributed by atoms with van der Waals surface area (Å²) in [7, 11) is 0.172. The Balaban J connectivity index is 2.83. The second-order valence-electron chi connectivity index (χ2n) is 1.53. The van der Waals surface area contributed by atoms with E-state index >= 15 is 0 Å². The molecule has 0 aliphatic rings. The van der Waals surface area contributed by atoms with E-state index in [4.69, 9.17) is 0 Å². The van der Waals surface area contributed by atoms with Crippen LogP contribution in [0.25, 0.3) is 0 Å². The first-order valence-electron chi connectivity index (χ1n) is 2.75. The molecule has 1 atom stereocenters. The van der Waals surface area contributed by atoms with Crippen LogP contribution < -0.4 is 5.09 Å². The lowest BCUT2D eigenvalue weighted by Crippen LogP contribution is -2.04. The molecule has 0 aliphatic carbocycles. The monoisotopic (exact) mass is 119 g/mol. The van der Waals surface area contributed by atoms with Crippen molar-refractivity contribution in [2.75, 3.05) is 19.4 Å². The maximum Gasteiger partial charge on any atom is -0.00385 e. The molecule has 0 aromatic heterocycles. The molecule has 0 saturated carbocycles. The van der Waals surface area contributed by atoms with Gasteiger partial charge in [0.2, 0.25) is 0 Å². The van der Waals surface area contributed by atoms with E-state index in [-0.39, 0.29) is 8.07 Å². The van der Waals surface area contributed by atoms with Gasteiger partial charge in [0.1, 0.15) is 0 Å². The SMILES string of the molecule is CCNP(C)CC. The Kier molecular flexibility index (Phi) is 4.80. The Labute approximate surface area is 47.3 Å². The topological polar surface area (TPSA) is 12.0 Å². The van der Waals surface area contributed by atoms with Crippen LogP contribution in [0.4, 0.5) is 0 Å². The summed E-state index contributed by atoms with van der Waals surface area (Å²) >= 11 is 0. The van der Waals surface area contributed by atoms with Crippen molar-refractivity contribution in [3.63, 3.8) is 0 Å². The van der Waals surface area contributed by atoms with E-state index in [1.807, 2.05) is 0 Å². The Hall–Kier alpha value is 0.390. The summed E-state index contributed by atoms with van der Waals surface area (Å²) in [5.74, 6) is 0. The minimum Gasteiger partial charge on any atom is -0.296 e. The minimum atomic E-state index is 0.172. The first-order chi connectivity index (χ1) is 3.31. The molecule has 0 heterocycles. The number of nitrogens with one attached hydrogen (secondary N) is 1. The molecular weight excluding hydrogens is 105 g/mol. The molecule has 7 heavy (non-hydrogen) atoms. The molecule has 0 amide bonds. The van der Waals surface area contributed by atoms with Crippen LogP contribution in [0, 0.1) is 0 Å². The molecule has 0 aliphatic heterocycles. The zero-order valence-electron chi connectivity index (χ0n) is 5.36. The fourth-order valence-corrected chi connectivity index (χ4v) is 1.15. The predicted octanol–water partition coefficient (Wildman–Crippen LogP) is 1.64. The van der Waals surface area contributed by atoms with E-state index in [9.17, 15) is 0 Å². The molecule has 0 spiro atoms. The summed E-state index contributed by atoms with van der Waals surface area (Å²) in [5, 5.41) is 3.36. The molecule has 0 fully saturated rings. The molecule has 0 aromatic carbocycles. The van der Waals surface area contributed by atoms with Gasteiger partial charge in [0.05, 0.1) is 0 Å². The smallest absolute Gasteiger partial charge is 0.00385 e. The number of rotatable bonds is 3. The Bertz CT molecular complexity index is 39.1. The molecule has 0 aromatic rings. The third kappa shape index (κ3) is 4.24. The van der Waals surface area contributed by atoms with Crippen molar-refractivity contribution in [3.05, 3.63) is 0 Å². The van der Waals surface area contributed by atoms with Crippen molar-refractivity contribution < 1.29 is 0 Å². The number of hydrogen-bond acceptors (Lipinski definition) is 1. The summed E-state index contributed by atoms with van der Waals surface area (Å²) in [4.78, 5) is 0. The molecule has 2 heteroatoms. The fourth-order valence-electron chi connectivity index (χ4n) is 0.382. The maximum atomic E-state index is 3.36. The number of hydrogen-bond donors (Lipinski definition) is 1. The standard InChI is InChI=1S/C5H14NP/c1-4-6-7(3)5-2/h6H,4-5H2,1-3H3. The van der Waals surface area contributed by atoms with Gasteiger partial charge in [-0.3, -0.25) is 5.09 Å². The average molecular weight is 119 g/mol. The van der Waals surface area contributed by atoms with Gasteiger partial charge in [-0.25, -0.2) is 0 Å². The fraction of sp³-hybridized carbons (Fsp3) is 1.00. The van der Waals surface area contributed by atoms with E-state index in [1.54, 1.807) is 0 Å². The summed E-state index contributed by atoms with van der Waals surface area (Å²) in [5.41, 5.74) is 0. The first-order valence-corrected chi connectivity index (χ1v) is 4.73. The van der Waals surface area contributed by atoms with E-state index in [0.717, 1.165) is 6.54 Å². The highest BCUT2D eigenvalue weighted by molar-refractivity contribution is 7.54. The minimum absolute atomic E-state index is 0.172. The lowest BCUT2D eigenvalue weighted by atomic mass is 10.8. The van der Waals surface area contributed by atoms with Crippen molar-refractivity contribution in [2.45, 2.75) is 13.8 Å². The van der Waals surface area contributed by atoms with Gasteiger partial charge in [-0.15, -0.1) is 0 Å². The molecule has 0 radical (unpaired) electrons. The van der Waals surface area contributed by atoms with Crippen molar-refractivity contribution >= 4 is 8.07 Å². The second-order valence-corrected chi connectivity index (χ2v) is 3.87. The van der Waals surface area contributed by atoms with Gasteiger partial charge in [0.25, 0.3) is 0 Å². The third-order valence-corrected chi connectivity index (χ3v) is 2.71. The average Bonchev–Trinajstić information content (AvgIpc) is 1.68. The quantitative estimate of drug-likeness (QED) is 0.557. The Morgan fingerprint density at radius 2 is 2.00 bits per heavy atom. The molecule has 0 bridgehead atoms. The predicted molar refractivity (Wildman–Crippen MR) is 37.1 cm³/mol. The highest BCUT2D eigenvalue weighted by Gasteiger charge is 1.89. The molecular formula is C5H14NP. The third-order valence-electron chi connectivity index (χ3n) is 0.902. The molecule has 0 saturated heterocycles. The summed E-state index contributed by atoms with van der Waals surface area (Å²) in [6.07, 6.45) is 1.29. The summed E-state index contributed by atoms with van der Waals surface area (Å²) < 4.78 is 0. The molecule has 1 N–H and O–H groups in total. The molecule has 44 valence electrons. The highest BCUT2D eigenvalue weighted by Crippen LogP contribution is 2.21. The van der Waals surface area contributed by atoms with Crippen LogP contribution >= 0.6 is 8.07 Å². The van der Waals surface area contributed by atoms with Crippen LogP contribution in [-0.2, 0) is 0 Å². The van der Waals surface area contributed by atoms with Crippen molar-refractivity contribution in [1.29, 1.82) is 0 Å². The van der Waals surface area contributed by atoms with Crippen LogP contribution in [0.3, 0.4) is 0 Å². The van der Waals surface area contributed by atoms with Crippen LogP contribution in [0.5, 0.6) is 0 Å². The second kappa shape index (κ2) is 4.55. The van der Waals surface area contributed by atoms with Crippen molar-refractivity contribution in [3.8, 4) is 0 Å². The van der Waals surface area contributed by atoms with Gasteiger partial charge in [0, 0.05) is 0 Å². The zero-order valence-corrected chi connectivity index (χ0v) is 6.26. The molecule has 0 rings (SSSR count).